The second-order valence-corrected chi connectivity index (χ2v) is 6.81. The van der Waals surface area contributed by atoms with Gasteiger partial charge in [-0.1, -0.05) is 6.92 Å². The van der Waals surface area contributed by atoms with E-state index in [-0.39, 0.29) is 6.04 Å². The Balaban J connectivity index is 1.75. The molecule has 1 aromatic heterocycles. The van der Waals surface area contributed by atoms with Gasteiger partial charge in [0.1, 0.15) is 0 Å². The van der Waals surface area contributed by atoms with Crippen LogP contribution in [0.2, 0.25) is 0 Å². The first-order valence-electron chi connectivity index (χ1n) is 7.79. The standard InChI is InChI=1S/C15H24BrN3O/c1-3-12-15(16)13(19(4-2)18-12)8-11(17)10-7-9-5-6-14(10)20-9/h9-11,14H,3-8,17H2,1-2H3. The molecule has 0 saturated carbocycles. The predicted molar refractivity (Wildman–Crippen MR) is 82.7 cm³/mol. The molecule has 3 rings (SSSR count). The van der Waals surface area contributed by atoms with Crippen molar-refractivity contribution in [3.05, 3.63) is 15.9 Å². The van der Waals surface area contributed by atoms with Crippen molar-refractivity contribution in [3.63, 3.8) is 0 Å². The van der Waals surface area contributed by atoms with Crippen molar-refractivity contribution in [2.24, 2.45) is 11.7 Å². The number of aromatic nitrogens is 2. The van der Waals surface area contributed by atoms with Gasteiger partial charge in [-0.3, -0.25) is 4.68 Å². The van der Waals surface area contributed by atoms with E-state index in [1.807, 2.05) is 0 Å². The van der Waals surface area contributed by atoms with Crippen LogP contribution in [0.3, 0.4) is 0 Å². The highest BCUT2D eigenvalue weighted by Crippen LogP contribution is 2.40. The lowest BCUT2D eigenvalue weighted by atomic mass is 9.82. The van der Waals surface area contributed by atoms with Gasteiger partial charge in [0, 0.05) is 24.9 Å². The van der Waals surface area contributed by atoms with Gasteiger partial charge in [0.15, 0.2) is 0 Å². The van der Waals surface area contributed by atoms with Crippen LogP contribution in [-0.2, 0) is 24.1 Å². The fraction of sp³-hybridized carbons (Fsp3) is 0.800. The van der Waals surface area contributed by atoms with Crippen molar-refractivity contribution in [2.75, 3.05) is 0 Å². The fourth-order valence-corrected chi connectivity index (χ4v) is 4.44. The molecular weight excluding hydrogens is 318 g/mol. The molecule has 0 radical (unpaired) electrons. The Hall–Kier alpha value is -0.390. The zero-order valence-electron chi connectivity index (χ0n) is 12.3. The molecule has 2 bridgehead atoms. The van der Waals surface area contributed by atoms with Gasteiger partial charge < -0.3 is 10.5 Å². The van der Waals surface area contributed by atoms with Crippen molar-refractivity contribution in [1.82, 2.24) is 9.78 Å². The van der Waals surface area contributed by atoms with Crippen LogP contribution in [0.15, 0.2) is 4.47 Å². The molecule has 0 spiro atoms. The zero-order chi connectivity index (χ0) is 14.3. The minimum absolute atomic E-state index is 0.174. The summed E-state index contributed by atoms with van der Waals surface area (Å²) in [7, 11) is 0. The van der Waals surface area contributed by atoms with E-state index >= 15 is 0 Å². The van der Waals surface area contributed by atoms with E-state index < -0.39 is 0 Å². The lowest BCUT2D eigenvalue weighted by molar-refractivity contribution is 0.0883. The molecule has 4 nitrogen and oxygen atoms in total. The molecule has 2 saturated heterocycles. The highest BCUT2D eigenvalue weighted by molar-refractivity contribution is 9.10. The van der Waals surface area contributed by atoms with E-state index in [4.69, 9.17) is 10.5 Å². The Labute approximate surface area is 129 Å². The Morgan fingerprint density at radius 2 is 2.25 bits per heavy atom. The third kappa shape index (κ3) is 2.44. The summed E-state index contributed by atoms with van der Waals surface area (Å²) in [5.74, 6) is 0.519. The molecule has 2 N–H and O–H groups in total. The topological polar surface area (TPSA) is 53.1 Å². The molecule has 2 aliphatic heterocycles. The van der Waals surface area contributed by atoms with Crippen LogP contribution in [0.5, 0.6) is 0 Å². The minimum Gasteiger partial charge on any atom is -0.375 e. The maximum atomic E-state index is 6.50. The largest absolute Gasteiger partial charge is 0.375 e. The summed E-state index contributed by atoms with van der Waals surface area (Å²) >= 11 is 3.71. The number of nitrogens with zero attached hydrogens (tertiary/aromatic N) is 2. The molecule has 0 aliphatic carbocycles. The van der Waals surface area contributed by atoms with E-state index in [2.05, 4.69) is 39.6 Å². The van der Waals surface area contributed by atoms with Gasteiger partial charge in [-0.05, 0) is 48.5 Å². The average Bonchev–Trinajstić information content (AvgIpc) is 3.14. The normalized spacial score (nSPS) is 30.1. The first kappa shape index (κ1) is 14.5. The van der Waals surface area contributed by atoms with Crippen LogP contribution >= 0.6 is 15.9 Å². The van der Waals surface area contributed by atoms with Gasteiger partial charge in [0.25, 0.3) is 0 Å². The molecule has 112 valence electrons. The smallest absolute Gasteiger partial charge is 0.0766 e. The average molecular weight is 342 g/mol. The van der Waals surface area contributed by atoms with Crippen molar-refractivity contribution in [2.45, 2.75) is 70.7 Å². The number of aryl methyl sites for hydroxylation is 2. The molecule has 3 heterocycles. The van der Waals surface area contributed by atoms with Crippen molar-refractivity contribution < 1.29 is 4.74 Å². The zero-order valence-corrected chi connectivity index (χ0v) is 13.9. The van der Waals surface area contributed by atoms with Crippen molar-refractivity contribution >= 4 is 15.9 Å². The van der Waals surface area contributed by atoms with Crippen molar-refractivity contribution in [3.8, 4) is 0 Å². The number of ether oxygens (including phenoxy) is 1. The molecular formula is C15H24BrN3O. The molecule has 4 unspecified atom stereocenters. The number of hydrogen-bond acceptors (Lipinski definition) is 3. The monoisotopic (exact) mass is 341 g/mol. The Morgan fingerprint density at radius 1 is 1.45 bits per heavy atom. The van der Waals surface area contributed by atoms with Crippen LogP contribution in [0, 0.1) is 5.92 Å². The first-order valence-corrected chi connectivity index (χ1v) is 8.58. The maximum Gasteiger partial charge on any atom is 0.0766 e. The SMILES string of the molecule is CCc1nn(CC)c(CC(N)C2CC3CCC2O3)c1Br. The fourth-order valence-electron chi connectivity index (χ4n) is 3.71. The Morgan fingerprint density at radius 3 is 2.80 bits per heavy atom. The van der Waals surface area contributed by atoms with Crippen molar-refractivity contribution in [1.29, 1.82) is 0 Å². The van der Waals surface area contributed by atoms with E-state index in [1.54, 1.807) is 0 Å². The lowest BCUT2D eigenvalue weighted by Gasteiger charge is -2.25. The number of rotatable bonds is 5. The molecule has 0 amide bonds. The Kier molecular flexibility index (Phi) is 4.20. The van der Waals surface area contributed by atoms with Crippen LogP contribution < -0.4 is 5.73 Å². The predicted octanol–water partition coefficient (Wildman–Crippen LogP) is 2.67. The summed E-state index contributed by atoms with van der Waals surface area (Å²) in [5, 5.41) is 4.66. The third-order valence-electron chi connectivity index (χ3n) is 4.83. The van der Waals surface area contributed by atoms with Gasteiger partial charge in [-0.25, -0.2) is 0 Å². The van der Waals surface area contributed by atoms with Gasteiger partial charge in [0.05, 0.1) is 28.1 Å². The first-order chi connectivity index (χ1) is 9.63. The van der Waals surface area contributed by atoms with E-state index in [0.717, 1.165) is 36.0 Å². The second-order valence-electron chi connectivity index (χ2n) is 6.02. The molecule has 0 aromatic carbocycles. The van der Waals surface area contributed by atoms with Gasteiger partial charge in [-0.15, -0.1) is 0 Å². The van der Waals surface area contributed by atoms with Crippen LogP contribution in [0.1, 0.15) is 44.5 Å². The second kappa shape index (κ2) is 5.78. The van der Waals surface area contributed by atoms with E-state index in [1.165, 1.54) is 18.5 Å². The molecule has 20 heavy (non-hydrogen) atoms. The van der Waals surface area contributed by atoms with Crippen LogP contribution in [-0.4, -0.2) is 28.0 Å². The third-order valence-corrected chi connectivity index (χ3v) is 5.74. The lowest BCUT2D eigenvalue weighted by Crippen LogP contribution is -2.38. The van der Waals surface area contributed by atoms with Crippen LogP contribution in [0.25, 0.3) is 0 Å². The molecule has 5 heteroatoms. The van der Waals surface area contributed by atoms with Gasteiger partial charge >= 0.3 is 0 Å². The van der Waals surface area contributed by atoms with Crippen LogP contribution in [0.4, 0.5) is 0 Å². The molecule has 4 atom stereocenters. The maximum absolute atomic E-state index is 6.50. The summed E-state index contributed by atoms with van der Waals surface area (Å²) in [5.41, 5.74) is 8.89. The minimum atomic E-state index is 0.174. The van der Waals surface area contributed by atoms with E-state index in [0.29, 0.717) is 18.1 Å². The molecule has 2 fully saturated rings. The summed E-state index contributed by atoms with van der Waals surface area (Å²) < 4.78 is 9.19. The summed E-state index contributed by atoms with van der Waals surface area (Å²) in [6.45, 7) is 5.17. The highest BCUT2D eigenvalue weighted by Gasteiger charge is 2.43. The molecule has 2 aliphatic rings. The molecule has 1 aromatic rings. The number of hydrogen-bond donors (Lipinski definition) is 1. The summed E-state index contributed by atoms with van der Waals surface area (Å²) in [6.07, 6.45) is 6.28. The number of halogens is 1. The highest BCUT2D eigenvalue weighted by atomic mass is 79.9. The van der Waals surface area contributed by atoms with Gasteiger partial charge in [0.2, 0.25) is 0 Å². The van der Waals surface area contributed by atoms with E-state index in [9.17, 15) is 0 Å². The number of nitrogens with two attached hydrogens (primary N) is 1. The quantitative estimate of drug-likeness (QED) is 0.895. The summed E-state index contributed by atoms with van der Waals surface area (Å²) in [4.78, 5) is 0. The van der Waals surface area contributed by atoms with Gasteiger partial charge in [-0.2, -0.15) is 5.10 Å². The Bertz CT molecular complexity index is 488. The summed E-state index contributed by atoms with van der Waals surface area (Å²) in [6, 6.07) is 0.174. The number of fused-ring (bicyclic) bond motifs is 2.